The molecule has 1 N–H and O–H groups in total. The van der Waals surface area contributed by atoms with Gasteiger partial charge in [-0.25, -0.2) is 4.98 Å². The lowest BCUT2D eigenvalue weighted by Gasteiger charge is -2.10. The van der Waals surface area contributed by atoms with Crippen molar-refractivity contribution in [3.05, 3.63) is 84.3 Å². The predicted molar refractivity (Wildman–Crippen MR) is 129 cm³/mol. The number of hydrogen-bond acceptors (Lipinski definition) is 4. The molecular weight excluding hydrogens is 416 g/mol. The number of amides is 1. The Labute approximate surface area is 191 Å². The second-order valence-electron chi connectivity index (χ2n) is 7.82. The molecule has 2 heterocycles. The fourth-order valence-electron chi connectivity index (χ4n) is 4.08. The van der Waals surface area contributed by atoms with Gasteiger partial charge >= 0.3 is 0 Å². The maximum Gasteiger partial charge on any atom is 0.255 e. The second kappa shape index (κ2) is 8.35. The van der Waals surface area contributed by atoms with Crippen LogP contribution in [-0.2, 0) is 13.6 Å². The molecule has 0 atom stereocenters. The van der Waals surface area contributed by atoms with E-state index in [4.69, 9.17) is 14.5 Å². The van der Waals surface area contributed by atoms with E-state index in [-0.39, 0.29) is 5.91 Å². The molecule has 7 heteroatoms. The van der Waals surface area contributed by atoms with E-state index in [2.05, 4.69) is 38.8 Å². The van der Waals surface area contributed by atoms with Gasteiger partial charge in [0.05, 0.1) is 31.8 Å². The van der Waals surface area contributed by atoms with Crippen LogP contribution in [0.4, 0.5) is 5.69 Å². The van der Waals surface area contributed by atoms with Crippen molar-refractivity contribution in [1.82, 2.24) is 14.1 Å². The minimum Gasteiger partial charge on any atom is -0.493 e. The van der Waals surface area contributed by atoms with Gasteiger partial charge in [0.15, 0.2) is 11.5 Å². The Hall–Kier alpha value is -4.26. The van der Waals surface area contributed by atoms with Crippen molar-refractivity contribution < 1.29 is 14.3 Å². The van der Waals surface area contributed by atoms with Crippen molar-refractivity contribution in [2.24, 2.45) is 7.05 Å². The number of carbonyl (C=O) groups excluding carboxylic acids is 1. The topological polar surface area (TPSA) is 70.3 Å². The van der Waals surface area contributed by atoms with Crippen LogP contribution in [-0.4, -0.2) is 34.2 Å². The number of ether oxygens (including phenoxy) is 2. The van der Waals surface area contributed by atoms with Gasteiger partial charge in [-0.05, 0) is 53.9 Å². The van der Waals surface area contributed by atoms with Crippen LogP contribution in [0.15, 0.2) is 72.9 Å². The summed E-state index contributed by atoms with van der Waals surface area (Å²) in [6, 6.07) is 21.2. The van der Waals surface area contributed by atoms with E-state index in [0.717, 1.165) is 16.9 Å². The molecule has 33 heavy (non-hydrogen) atoms. The van der Waals surface area contributed by atoms with Gasteiger partial charge in [-0.15, -0.1) is 0 Å². The van der Waals surface area contributed by atoms with Crippen molar-refractivity contribution in [2.45, 2.75) is 6.54 Å². The lowest BCUT2D eigenvalue weighted by Crippen LogP contribution is -2.12. The number of nitrogens with one attached hydrogen (secondary N) is 1. The van der Waals surface area contributed by atoms with Crippen molar-refractivity contribution in [2.75, 3.05) is 19.5 Å². The number of imidazole rings is 1. The lowest BCUT2D eigenvalue weighted by molar-refractivity contribution is 0.102. The van der Waals surface area contributed by atoms with E-state index in [9.17, 15) is 4.79 Å². The number of aromatic nitrogens is 3. The number of carbonyl (C=O) groups is 1. The summed E-state index contributed by atoms with van der Waals surface area (Å²) in [5, 5.41) is 4.15. The summed E-state index contributed by atoms with van der Waals surface area (Å²) in [7, 11) is 5.12. The summed E-state index contributed by atoms with van der Waals surface area (Å²) in [6.45, 7) is 0.659. The monoisotopic (exact) mass is 440 g/mol. The number of para-hydroxylation sites is 1. The van der Waals surface area contributed by atoms with E-state index in [1.54, 1.807) is 32.4 Å². The Morgan fingerprint density at radius 2 is 1.76 bits per heavy atom. The molecule has 0 saturated heterocycles. The van der Waals surface area contributed by atoms with Crippen LogP contribution in [0.1, 0.15) is 16.2 Å². The van der Waals surface area contributed by atoms with E-state index >= 15 is 0 Å². The molecule has 5 aromatic rings. The lowest BCUT2D eigenvalue weighted by atomic mass is 10.1. The molecule has 5 rings (SSSR count). The second-order valence-corrected chi connectivity index (χ2v) is 7.82. The average molecular weight is 441 g/mol. The number of benzene rings is 3. The number of nitrogens with zero attached hydrogens (tertiary/aromatic N) is 3. The van der Waals surface area contributed by atoms with Gasteiger partial charge in [0.25, 0.3) is 5.91 Å². The van der Waals surface area contributed by atoms with Crippen LogP contribution >= 0.6 is 0 Å². The summed E-state index contributed by atoms with van der Waals surface area (Å²) in [4.78, 5) is 17.6. The maximum atomic E-state index is 12.8. The molecular formula is C26H24N4O3. The molecule has 166 valence electrons. The van der Waals surface area contributed by atoms with Crippen molar-refractivity contribution in [3.63, 3.8) is 0 Å². The molecule has 0 aliphatic carbocycles. The van der Waals surface area contributed by atoms with E-state index < -0.39 is 0 Å². The third-order valence-corrected chi connectivity index (χ3v) is 5.87. The highest BCUT2D eigenvalue weighted by Crippen LogP contribution is 2.28. The first-order chi connectivity index (χ1) is 16.1. The standard InChI is InChI=1S/C26H24N4O3/c1-29-22-10-9-19(27-26(31)18-8-11-23(32-2)24(14-18)33-3)15-20(22)28-25(29)16-30-13-12-17-6-4-5-7-21(17)30/h4-15H,16H2,1-3H3,(H,27,31). The zero-order valence-electron chi connectivity index (χ0n) is 18.7. The molecule has 0 fully saturated rings. The molecule has 0 aliphatic rings. The van der Waals surface area contributed by atoms with Gasteiger partial charge in [0.2, 0.25) is 0 Å². The first kappa shape index (κ1) is 20.6. The molecule has 1 amide bonds. The predicted octanol–water partition coefficient (Wildman–Crippen LogP) is 4.85. The van der Waals surface area contributed by atoms with Gasteiger partial charge in [0.1, 0.15) is 5.82 Å². The SMILES string of the molecule is COc1ccc(C(=O)Nc2ccc3c(c2)nc(Cn2ccc4ccccc42)n3C)cc1OC. The van der Waals surface area contributed by atoms with E-state index in [1.165, 1.54) is 10.9 Å². The summed E-state index contributed by atoms with van der Waals surface area (Å²) in [6.07, 6.45) is 2.08. The number of rotatable bonds is 6. The quantitative estimate of drug-likeness (QED) is 0.410. The normalized spacial score (nSPS) is 11.1. The van der Waals surface area contributed by atoms with Crippen molar-refractivity contribution in [3.8, 4) is 11.5 Å². The van der Waals surface area contributed by atoms with Gasteiger partial charge in [-0.2, -0.15) is 0 Å². The molecule has 3 aromatic carbocycles. The first-order valence-electron chi connectivity index (χ1n) is 10.6. The molecule has 0 unspecified atom stereocenters. The summed E-state index contributed by atoms with van der Waals surface area (Å²) >= 11 is 0. The Balaban J connectivity index is 1.40. The largest absolute Gasteiger partial charge is 0.493 e. The third kappa shape index (κ3) is 3.78. The number of hydrogen-bond donors (Lipinski definition) is 1. The summed E-state index contributed by atoms with van der Waals surface area (Å²) in [5.41, 5.74) is 4.17. The minimum absolute atomic E-state index is 0.231. The average Bonchev–Trinajstić information content (AvgIpc) is 3.39. The Morgan fingerprint density at radius 3 is 2.58 bits per heavy atom. The smallest absolute Gasteiger partial charge is 0.255 e. The van der Waals surface area contributed by atoms with Gasteiger partial charge in [-0.1, -0.05) is 18.2 Å². The van der Waals surface area contributed by atoms with Crippen LogP contribution in [0.2, 0.25) is 0 Å². The highest BCUT2D eigenvalue weighted by molar-refractivity contribution is 6.05. The van der Waals surface area contributed by atoms with Crippen LogP contribution < -0.4 is 14.8 Å². The van der Waals surface area contributed by atoms with Gasteiger partial charge < -0.3 is 23.9 Å². The number of anilines is 1. The van der Waals surface area contributed by atoms with Crippen molar-refractivity contribution >= 4 is 33.5 Å². The Bertz CT molecular complexity index is 1480. The number of aryl methyl sites for hydroxylation is 1. The summed E-state index contributed by atoms with van der Waals surface area (Å²) in [5.74, 6) is 1.79. The van der Waals surface area contributed by atoms with Crippen LogP contribution in [0.5, 0.6) is 11.5 Å². The maximum absolute atomic E-state index is 12.8. The van der Waals surface area contributed by atoms with Crippen LogP contribution in [0, 0.1) is 0 Å². The molecule has 2 aromatic heterocycles. The Morgan fingerprint density at radius 1 is 0.939 bits per heavy atom. The minimum atomic E-state index is -0.231. The molecule has 0 saturated carbocycles. The molecule has 7 nitrogen and oxygen atoms in total. The van der Waals surface area contributed by atoms with Crippen LogP contribution in [0.3, 0.4) is 0 Å². The molecule has 0 radical (unpaired) electrons. The first-order valence-corrected chi connectivity index (χ1v) is 10.6. The fraction of sp³-hybridized carbons (Fsp3) is 0.154. The van der Waals surface area contributed by atoms with Gasteiger partial charge in [0, 0.05) is 30.0 Å². The zero-order valence-corrected chi connectivity index (χ0v) is 18.7. The molecule has 0 spiro atoms. The highest BCUT2D eigenvalue weighted by atomic mass is 16.5. The highest BCUT2D eigenvalue weighted by Gasteiger charge is 2.14. The van der Waals surface area contributed by atoms with Gasteiger partial charge in [-0.3, -0.25) is 4.79 Å². The molecule has 0 bridgehead atoms. The fourth-order valence-corrected chi connectivity index (χ4v) is 4.08. The third-order valence-electron chi connectivity index (χ3n) is 5.87. The number of fused-ring (bicyclic) bond motifs is 2. The van der Waals surface area contributed by atoms with E-state index in [0.29, 0.717) is 29.3 Å². The Kier molecular flexibility index (Phi) is 5.22. The zero-order chi connectivity index (χ0) is 22.9. The summed E-state index contributed by atoms with van der Waals surface area (Å²) < 4.78 is 14.8. The van der Waals surface area contributed by atoms with E-state index in [1.807, 2.05) is 37.4 Å². The number of methoxy groups -OCH3 is 2. The van der Waals surface area contributed by atoms with Crippen molar-refractivity contribution in [1.29, 1.82) is 0 Å². The molecule has 0 aliphatic heterocycles. The van der Waals surface area contributed by atoms with Crippen LogP contribution in [0.25, 0.3) is 21.9 Å².